The van der Waals surface area contributed by atoms with E-state index in [1.807, 2.05) is 42.2 Å². The van der Waals surface area contributed by atoms with Gasteiger partial charge in [0.05, 0.1) is 5.69 Å². The summed E-state index contributed by atoms with van der Waals surface area (Å²) in [5.41, 5.74) is 1.14. The zero-order chi connectivity index (χ0) is 7.94. The van der Waals surface area contributed by atoms with Crippen molar-refractivity contribution in [3.63, 3.8) is 0 Å². The summed E-state index contributed by atoms with van der Waals surface area (Å²) in [7, 11) is 0. The van der Waals surface area contributed by atoms with Crippen LogP contribution in [0.3, 0.4) is 0 Å². The first-order valence-corrected chi connectivity index (χ1v) is 4.67. The predicted molar refractivity (Wildman–Crippen MR) is 50.6 cm³/mol. The summed E-state index contributed by atoms with van der Waals surface area (Å²) in [4.78, 5) is 4.20. The summed E-state index contributed by atoms with van der Waals surface area (Å²) in [5, 5.41) is 0. The maximum Gasteiger partial charge on any atom is 0.0502 e. The molecular formula is C9H11NS. The molecule has 0 aromatic carbocycles. The molecule has 0 bridgehead atoms. The number of nitrogens with zero attached hydrogens (tertiary/aromatic N) is 1. The van der Waals surface area contributed by atoms with Crippen LogP contribution >= 0.6 is 11.8 Å². The highest BCUT2D eigenvalue weighted by atomic mass is 32.2. The van der Waals surface area contributed by atoms with Gasteiger partial charge in [-0.1, -0.05) is 12.1 Å². The highest BCUT2D eigenvalue weighted by Crippen LogP contribution is 2.08. The van der Waals surface area contributed by atoms with E-state index < -0.39 is 0 Å². The highest BCUT2D eigenvalue weighted by molar-refractivity contribution is 7.98. The largest absolute Gasteiger partial charge is 0.260 e. The van der Waals surface area contributed by atoms with Crippen molar-refractivity contribution in [2.45, 2.75) is 5.75 Å². The molecule has 58 valence electrons. The smallest absolute Gasteiger partial charge is 0.0502 e. The minimum atomic E-state index is 0.979. The summed E-state index contributed by atoms with van der Waals surface area (Å²) in [6, 6.07) is 5.98. The zero-order valence-corrected chi connectivity index (χ0v) is 7.18. The Kier molecular flexibility index (Phi) is 3.76. The Morgan fingerprint density at radius 3 is 3.09 bits per heavy atom. The van der Waals surface area contributed by atoms with E-state index in [0.717, 1.165) is 17.2 Å². The van der Waals surface area contributed by atoms with Crippen molar-refractivity contribution in [2.75, 3.05) is 5.75 Å². The van der Waals surface area contributed by atoms with E-state index in [0.29, 0.717) is 0 Å². The minimum Gasteiger partial charge on any atom is -0.260 e. The maximum absolute atomic E-state index is 4.20. The first kappa shape index (κ1) is 8.34. The van der Waals surface area contributed by atoms with Gasteiger partial charge in [0.1, 0.15) is 0 Å². The second-order valence-corrected chi connectivity index (χ2v) is 3.16. The average Bonchev–Trinajstić information content (AvgIpc) is 2.07. The summed E-state index contributed by atoms with van der Waals surface area (Å²) in [6.07, 6.45) is 3.73. The molecule has 0 saturated carbocycles. The fourth-order valence-corrected chi connectivity index (χ4v) is 1.39. The molecule has 0 N–H and O–H groups in total. The van der Waals surface area contributed by atoms with Crippen LogP contribution in [0.5, 0.6) is 0 Å². The first-order chi connectivity index (χ1) is 5.43. The Hall–Kier alpha value is -0.760. The molecule has 0 spiro atoms. The molecule has 0 fully saturated rings. The van der Waals surface area contributed by atoms with E-state index in [1.165, 1.54) is 0 Å². The molecule has 11 heavy (non-hydrogen) atoms. The van der Waals surface area contributed by atoms with Crippen molar-refractivity contribution in [3.8, 4) is 0 Å². The van der Waals surface area contributed by atoms with Gasteiger partial charge in [-0.15, -0.1) is 6.58 Å². The van der Waals surface area contributed by atoms with Gasteiger partial charge in [-0.2, -0.15) is 11.8 Å². The van der Waals surface area contributed by atoms with Crippen molar-refractivity contribution in [3.05, 3.63) is 42.7 Å². The quantitative estimate of drug-likeness (QED) is 0.502. The van der Waals surface area contributed by atoms with E-state index in [1.54, 1.807) is 0 Å². The van der Waals surface area contributed by atoms with Gasteiger partial charge in [0.15, 0.2) is 0 Å². The van der Waals surface area contributed by atoms with Gasteiger partial charge in [-0.05, 0) is 12.1 Å². The lowest BCUT2D eigenvalue weighted by atomic mass is 10.4. The molecule has 2 heteroatoms. The number of hydrogen-bond donors (Lipinski definition) is 0. The third-order valence-electron chi connectivity index (χ3n) is 1.21. The summed E-state index contributed by atoms with van der Waals surface area (Å²) in [5.74, 6) is 1.98. The normalized spacial score (nSPS) is 9.45. The number of hydrogen-bond acceptors (Lipinski definition) is 2. The van der Waals surface area contributed by atoms with Gasteiger partial charge in [0.2, 0.25) is 0 Å². The van der Waals surface area contributed by atoms with Crippen LogP contribution in [-0.2, 0) is 5.75 Å². The highest BCUT2D eigenvalue weighted by Gasteiger charge is 1.89. The van der Waals surface area contributed by atoms with Crippen LogP contribution in [0, 0.1) is 0 Å². The van der Waals surface area contributed by atoms with Crippen LogP contribution in [0.4, 0.5) is 0 Å². The van der Waals surface area contributed by atoms with E-state index in [9.17, 15) is 0 Å². The van der Waals surface area contributed by atoms with Gasteiger partial charge in [0.25, 0.3) is 0 Å². The van der Waals surface area contributed by atoms with E-state index >= 15 is 0 Å². The fraction of sp³-hybridized carbons (Fsp3) is 0.222. The monoisotopic (exact) mass is 165 g/mol. The lowest BCUT2D eigenvalue weighted by molar-refractivity contribution is 1.18. The molecular weight excluding hydrogens is 154 g/mol. The van der Waals surface area contributed by atoms with Gasteiger partial charge < -0.3 is 0 Å². The van der Waals surface area contributed by atoms with Gasteiger partial charge in [0, 0.05) is 17.7 Å². The Bertz CT molecular complexity index is 208. The van der Waals surface area contributed by atoms with E-state index in [4.69, 9.17) is 0 Å². The van der Waals surface area contributed by atoms with E-state index in [-0.39, 0.29) is 0 Å². The molecule has 1 aromatic rings. The lowest BCUT2D eigenvalue weighted by Crippen LogP contribution is -1.84. The summed E-state index contributed by atoms with van der Waals surface area (Å²) >= 11 is 1.83. The topological polar surface area (TPSA) is 12.9 Å². The van der Waals surface area contributed by atoms with Gasteiger partial charge >= 0.3 is 0 Å². The molecule has 1 heterocycles. The Morgan fingerprint density at radius 1 is 1.55 bits per heavy atom. The van der Waals surface area contributed by atoms with Crippen LogP contribution < -0.4 is 0 Å². The second kappa shape index (κ2) is 4.97. The molecule has 0 atom stereocenters. The molecule has 0 saturated heterocycles. The van der Waals surface area contributed by atoms with Crippen molar-refractivity contribution in [2.24, 2.45) is 0 Å². The maximum atomic E-state index is 4.20. The first-order valence-electron chi connectivity index (χ1n) is 3.52. The molecule has 1 aromatic heterocycles. The van der Waals surface area contributed by atoms with Crippen LogP contribution in [0.2, 0.25) is 0 Å². The van der Waals surface area contributed by atoms with Crippen molar-refractivity contribution >= 4 is 11.8 Å². The molecule has 1 rings (SSSR count). The Labute approximate surface area is 71.5 Å². The van der Waals surface area contributed by atoms with Crippen molar-refractivity contribution in [1.82, 2.24) is 4.98 Å². The fourth-order valence-electron chi connectivity index (χ4n) is 0.730. The number of rotatable bonds is 4. The second-order valence-electron chi connectivity index (χ2n) is 2.12. The van der Waals surface area contributed by atoms with Crippen LogP contribution in [-0.4, -0.2) is 10.7 Å². The number of thioether (sulfide) groups is 1. The Balaban J connectivity index is 2.33. The van der Waals surface area contributed by atoms with E-state index in [2.05, 4.69) is 11.6 Å². The molecule has 0 radical (unpaired) electrons. The van der Waals surface area contributed by atoms with Crippen LogP contribution in [0.1, 0.15) is 5.69 Å². The predicted octanol–water partition coefficient (Wildman–Crippen LogP) is 2.50. The number of aromatic nitrogens is 1. The van der Waals surface area contributed by atoms with Crippen molar-refractivity contribution < 1.29 is 0 Å². The average molecular weight is 165 g/mol. The SMILES string of the molecule is C=CCSCc1ccccn1. The van der Waals surface area contributed by atoms with Gasteiger partial charge in [-0.3, -0.25) is 4.98 Å². The summed E-state index contributed by atoms with van der Waals surface area (Å²) in [6.45, 7) is 3.65. The Morgan fingerprint density at radius 2 is 2.45 bits per heavy atom. The van der Waals surface area contributed by atoms with Crippen LogP contribution in [0.25, 0.3) is 0 Å². The third-order valence-corrected chi connectivity index (χ3v) is 2.18. The van der Waals surface area contributed by atoms with Crippen LogP contribution in [0.15, 0.2) is 37.1 Å². The third kappa shape index (κ3) is 3.23. The van der Waals surface area contributed by atoms with Gasteiger partial charge in [-0.25, -0.2) is 0 Å². The molecule has 0 aliphatic rings. The van der Waals surface area contributed by atoms with Crippen molar-refractivity contribution in [1.29, 1.82) is 0 Å². The minimum absolute atomic E-state index is 0.979. The number of pyridine rings is 1. The summed E-state index contributed by atoms with van der Waals surface area (Å²) < 4.78 is 0. The molecule has 0 unspecified atom stereocenters. The zero-order valence-electron chi connectivity index (χ0n) is 6.36. The molecule has 0 amide bonds. The lowest BCUT2D eigenvalue weighted by Gasteiger charge is -1.96. The molecule has 1 nitrogen and oxygen atoms in total. The standard InChI is InChI=1S/C9H11NS/c1-2-7-11-8-9-5-3-4-6-10-9/h2-6H,1,7-8H2. The molecule has 0 aliphatic carbocycles. The molecule has 0 aliphatic heterocycles.